The van der Waals surface area contributed by atoms with Gasteiger partial charge in [-0.3, -0.25) is 4.79 Å². The monoisotopic (exact) mass is 202 g/mol. The lowest BCUT2D eigenvalue weighted by atomic mass is 10.2. The van der Waals surface area contributed by atoms with Gasteiger partial charge in [0.1, 0.15) is 0 Å². The van der Waals surface area contributed by atoms with E-state index in [0.29, 0.717) is 16.7 Å². The Morgan fingerprint density at radius 2 is 2.50 bits per heavy atom. The van der Waals surface area contributed by atoms with Crippen molar-refractivity contribution in [1.82, 2.24) is 0 Å². The summed E-state index contributed by atoms with van der Waals surface area (Å²) in [5.41, 5.74) is 1.03. The average Bonchev–Trinajstić information content (AvgIpc) is 2.30. The van der Waals surface area contributed by atoms with Crippen molar-refractivity contribution < 1.29 is 9.21 Å². The highest BCUT2D eigenvalue weighted by Crippen LogP contribution is 2.20. The molecule has 0 N–H and O–H groups in total. The van der Waals surface area contributed by atoms with Gasteiger partial charge in [0.2, 0.25) is 0 Å². The van der Waals surface area contributed by atoms with Crippen LogP contribution in [0.2, 0.25) is 0 Å². The number of carbonyl (C=O) groups is 1. The summed E-state index contributed by atoms with van der Waals surface area (Å²) in [7, 11) is 0. The first kappa shape index (κ1) is 7.54. The Hall–Kier alpha value is -0.570. The number of halogens is 1. The first-order valence-corrected chi connectivity index (χ1v) is 3.80. The Morgan fingerprint density at radius 3 is 2.80 bits per heavy atom. The average molecular weight is 203 g/mol. The van der Waals surface area contributed by atoms with Crippen LogP contribution in [0.25, 0.3) is 0 Å². The minimum atomic E-state index is 0.378. The van der Waals surface area contributed by atoms with Crippen molar-refractivity contribution in [2.75, 3.05) is 0 Å². The summed E-state index contributed by atoms with van der Waals surface area (Å²) in [5.74, 6) is 0.378. The molecule has 54 valence electrons. The topological polar surface area (TPSA) is 30.2 Å². The van der Waals surface area contributed by atoms with Crippen LogP contribution in [0.1, 0.15) is 23.0 Å². The molecule has 10 heavy (non-hydrogen) atoms. The maximum absolute atomic E-state index is 10.2. The number of aldehydes is 1. The third kappa shape index (κ3) is 1.29. The van der Waals surface area contributed by atoms with E-state index in [0.717, 1.165) is 12.0 Å². The van der Waals surface area contributed by atoms with Gasteiger partial charge in [-0.15, -0.1) is 0 Å². The molecule has 3 heteroatoms. The highest BCUT2D eigenvalue weighted by Gasteiger charge is 2.04. The maximum atomic E-state index is 10.2. The summed E-state index contributed by atoms with van der Waals surface area (Å²) in [4.78, 5) is 10.2. The molecular formula is C7H7BrO2. The molecule has 0 fully saturated rings. The summed E-state index contributed by atoms with van der Waals surface area (Å²) >= 11 is 3.19. The predicted molar refractivity (Wildman–Crippen MR) is 41.2 cm³/mol. The van der Waals surface area contributed by atoms with Gasteiger partial charge in [-0.25, -0.2) is 0 Å². The summed E-state index contributed by atoms with van der Waals surface area (Å²) in [6.45, 7) is 2.00. The second-order valence-electron chi connectivity index (χ2n) is 1.92. The van der Waals surface area contributed by atoms with Gasteiger partial charge in [-0.2, -0.15) is 0 Å². The number of aryl methyl sites for hydroxylation is 1. The number of carbonyl (C=O) groups excluding carboxylic acids is 1. The molecule has 0 radical (unpaired) electrons. The smallest absolute Gasteiger partial charge is 0.185 e. The van der Waals surface area contributed by atoms with Crippen LogP contribution in [0.4, 0.5) is 0 Å². The van der Waals surface area contributed by atoms with Crippen molar-refractivity contribution in [2.24, 2.45) is 0 Å². The zero-order valence-electron chi connectivity index (χ0n) is 5.56. The largest absolute Gasteiger partial charge is 0.446 e. The maximum Gasteiger partial charge on any atom is 0.185 e. The van der Waals surface area contributed by atoms with Crippen LogP contribution < -0.4 is 0 Å². The van der Waals surface area contributed by atoms with Crippen molar-refractivity contribution in [3.8, 4) is 0 Å². The van der Waals surface area contributed by atoms with Crippen LogP contribution in [0, 0.1) is 0 Å². The van der Waals surface area contributed by atoms with Crippen LogP contribution in [0.3, 0.4) is 0 Å². The van der Waals surface area contributed by atoms with Crippen molar-refractivity contribution in [1.29, 1.82) is 0 Å². The lowest BCUT2D eigenvalue weighted by molar-refractivity contribution is 0.109. The van der Waals surface area contributed by atoms with E-state index in [1.807, 2.05) is 6.92 Å². The third-order valence-corrected chi connectivity index (χ3v) is 1.94. The molecule has 0 atom stereocenters. The lowest BCUT2D eigenvalue weighted by Gasteiger charge is -1.84. The second-order valence-corrected chi connectivity index (χ2v) is 2.64. The molecule has 1 rings (SSSR count). The molecule has 2 nitrogen and oxygen atoms in total. The molecule has 0 aromatic carbocycles. The molecule has 0 aliphatic heterocycles. The van der Waals surface area contributed by atoms with E-state index in [4.69, 9.17) is 4.42 Å². The SMILES string of the molecule is CCc1cc(C=O)oc1Br. The van der Waals surface area contributed by atoms with Crippen molar-refractivity contribution in [2.45, 2.75) is 13.3 Å². The lowest BCUT2D eigenvalue weighted by Crippen LogP contribution is -1.72. The van der Waals surface area contributed by atoms with Gasteiger partial charge in [0, 0.05) is 5.56 Å². The Kier molecular flexibility index (Phi) is 2.27. The fourth-order valence-electron chi connectivity index (χ4n) is 0.726. The molecule has 0 aliphatic rings. The Morgan fingerprint density at radius 1 is 1.80 bits per heavy atom. The Labute approximate surface area is 67.3 Å². The minimum absolute atomic E-state index is 0.378. The molecule has 0 saturated heterocycles. The molecule has 0 unspecified atom stereocenters. The van der Waals surface area contributed by atoms with Crippen LogP contribution in [-0.4, -0.2) is 6.29 Å². The van der Waals surface area contributed by atoms with Gasteiger partial charge in [-0.05, 0) is 28.4 Å². The Bertz CT molecular complexity index is 240. The standard InChI is InChI=1S/C7H7BrO2/c1-2-5-3-6(4-9)10-7(5)8/h3-4H,2H2,1H3. The van der Waals surface area contributed by atoms with E-state index in [9.17, 15) is 4.79 Å². The van der Waals surface area contributed by atoms with Gasteiger partial charge in [0.25, 0.3) is 0 Å². The van der Waals surface area contributed by atoms with E-state index in [2.05, 4.69) is 15.9 Å². The highest BCUT2D eigenvalue weighted by molar-refractivity contribution is 9.10. The minimum Gasteiger partial charge on any atom is -0.446 e. The van der Waals surface area contributed by atoms with E-state index < -0.39 is 0 Å². The van der Waals surface area contributed by atoms with Gasteiger partial charge < -0.3 is 4.42 Å². The predicted octanol–water partition coefficient (Wildman–Crippen LogP) is 2.42. The first-order valence-electron chi connectivity index (χ1n) is 3.01. The summed E-state index contributed by atoms with van der Waals surface area (Å²) in [6, 6.07) is 1.73. The number of hydrogen-bond donors (Lipinski definition) is 0. The molecule has 0 aliphatic carbocycles. The van der Waals surface area contributed by atoms with Gasteiger partial charge >= 0.3 is 0 Å². The fourth-order valence-corrected chi connectivity index (χ4v) is 1.31. The van der Waals surface area contributed by atoms with Gasteiger partial charge in [0.05, 0.1) is 0 Å². The highest BCUT2D eigenvalue weighted by atomic mass is 79.9. The summed E-state index contributed by atoms with van der Waals surface area (Å²) < 4.78 is 5.67. The molecule has 1 heterocycles. The summed E-state index contributed by atoms with van der Waals surface area (Å²) in [6.07, 6.45) is 1.57. The van der Waals surface area contributed by atoms with Crippen LogP contribution in [0.15, 0.2) is 15.2 Å². The molecule has 0 amide bonds. The zero-order chi connectivity index (χ0) is 7.56. The molecular weight excluding hydrogens is 196 g/mol. The second kappa shape index (κ2) is 3.01. The van der Waals surface area contributed by atoms with E-state index >= 15 is 0 Å². The molecule has 1 aromatic heterocycles. The number of hydrogen-bond acceptors (Lipinski definition) is 2. The molecule has 1 aromatic rings. The van der Waals surface area contributed by atoms with Crippen LogP contribution in [-0.2, 0) is 6.42 Å². The van der Waals surface area contributed by atoms with Crippen LogP contribution >= 0.6 is 15.9 Å². The Balaban J connectivity index is 3.03. The van der Waals surface area contributed by atoms with E-state index in [1.54, 1.807) is 6.07 Å². The third-order valence-electron chi connectivity index (χ3n) is 1.27. The van der Waals surface area contributed by atoms with Crippen LogP contribution in [0.5, 0.6) is 0 Å². The van der Waals surface area contributed by atoms with Gasteiger partial charge in [0.15, 0.2) is 16.7 Å². The normalized spacial score (nSPS) is 9.80. The van der Waals surface area contributed by atoms with E-state index in [1.165, 1.54) is 0 Å². The number of rotatable bonds is 2. The molecule has 0 spiro atoms. The van der Waals surface area contributed by atoms with Crippen molar-refractivity contribution >= 4 is 22.2 Å². The zero-order valence-corrected chi connectivity index (χ0v) is 7.14. The van der Waals surface area contributed by atoms with E-state index in [-0.39, 0.29) is 0 Å². The fraction of sp³-hybridized carbons (Fsp3) is 0.286. The number of furan rings is 1. The first-order chi connectivity index (χ1) is 4.77. The van der Waals surface area contributed by atoms with Crippen molar-refractivity contribution in [3.63, 3.8) is 0 Å². The van der Waals surface area contributed by atoms with Crippen molar-refractivity contribution in [3.05, 3.63) is 22.1 Å². The quantitative estimate of drug-likeness (QED) is 0.691. The molecule has 0 saturated carbocycles. The van der Waals surface area contributed by atoms with Gasteiger partial charge in [-0.1, -0.05) is 6.92 Å². The summed E-state index contributed by atoms with van der Waals surface area (Å²) in [5, 5.41) is 0. The molecule has 0 bridgehead atoms.